The van der Waals surface area contributed by atoms with Gasteiger partial charge in [-0.2, -0.15) is 0 Å². The third-order valence-electron chi connectivity index (χ3n) is 13.0. The van der Waals surface area contributed by atoms with Crippen molar-refractivity contribution >= 4 is 82.7 Å². The molecule has 0 atom stereocenters. The fourth-order valence-corrected chi connectivity index (χ4v) is 10.7. The molecule has 0 fully saturated rings. The number of hydrogen-bond donors (Lipinski definition) is 0. The van der Waals surface area contributed by atoms with Crippen molar-refractivity contribution in [2.45, 2.75) is 0 Å². The number of hydrogen-bond acceptors (Lipinski definition) is 4. The molecule has 0 amide bonds. The highest BCUT2D eigenvalue weighted by Crippen LogP contribution is 2.47. The number of fused-ring (bicyclic) bond motifs is 3. The molecule has 332 valence electrons. The Balaban J connectivity index is 1.05. The van der Waals surface area contributed by atoms with Gasteiger partial charge in [-0.3, -0.25) is 0 Å². The highest BCUT2D eigenvalue weighted by Gasteiger charge is 2.23. The predicted molar refractivity (Wildman–Crippen MR) is 300 cm³/mol. The largest absolute Gasteiger partial charge is 0.310 e. The number of nitrogens with zero attached hydrogens (tertiary/aromatic N) is 3. The van der Waals surface area contributed by atoms with Gasteiger partial charge in [-0.15, -0.1) is 11.3 Å². The van der Waals surface area contributed by atoms with Crippen LogP contribution in [0.4, 0.5) is 51.2 Å². The summed E-state index contributed by atoms with van der Waals surface area (Å²) in [6, 6.07) is 103. The highest BCUT2D eigenvalue weighted by atomic mass is 32.1. The number of anilines is 9. The maximum Gasteiger partial charge on any atom is 0.0503 e. The zero-order valence-electron chi connectivity index (χ0n) is 38.4. The van der Waals surface area contributed by atoms with E-state index in [-0.39, 0.29) is 0 Å². The molecule has 0 N–H and O–H groups in total. The van der Waals surface area contributed by atoms with Crippen molar-refractivity contribution in [3.63, 3.8) is 0 Å². The first kappa shape index (κ1) is 42.4. The summed E-state index contributed by atoms with van der Waals surface area (Å²) >= 11 is 1.85. The van der Waals surface area contributed by atoms with E-state index < -0.39 is 0 Å². The molecule has 0 aliphatic heterocycles. The zero-order chi connectivity index (χ0) is 46.6. The summed E-state index contributed by atoms with van der Waals surface area (Å²) in [4.78, 5) is 7.12. The second-order valence-corrected chi connectivity index (χ2v) is 18.5. The van der Waals surface area contributed by atoms with Crippen LogP contribution in [-0.2, 0) is 0 Å². The van der Waals surface area contributed by atoms with E-state index in [0.717, 1.165) is 56.7 Å². The molecule has 1 heterocycles. The van der Waals surface area contributed by atoms with Gasteiger partial charge >= 0.3 is 0 Å². The van der Waals surface area contributed by atoms with E-state index in [4.69, 9.17) is 0 Å². The maximum absolute atomic E-state index is 2.40. The van der Waals surface area contributed by atoms with E-state index in [1.165, 1.54) is 48.0 Å². The molecular weight excluding hydrogens is 867 g/mol. The molecule has 3 nitrogen and oxygen atoms in total. The minimum atomic E-state index is 1.01. The summed E-state index contributed by atoms with van der Waals surface area (Å²) < 4.78 is 2.62. The minimum absolute atomic E-state index is 1.01. The van der Waals surface area contributed by atoms with Gasteiger partial charge in [0.1, 0.15) is 0 Å². The summed E-state index contributed by atoms with van der Waals surface area (Å²) in [5, 5.41) is 2.60. The van der Waals surface area contributed by atoms with Gasteiger partial charge in [0.05, 0.1) is 17.1 Å². The molecule has 0 saturated heterocycles. The van der Waals surface area contributed by atoms with Crippen molar-refractivity contribution in [1.29, 1.82) is 0 Å². The first-order valence-corrected chi connectivity index (χ1v) is 24.6. The van der Waals surface area contributed by atoms with Gasteiger partial charge in [-0.25, -0.2) is 0 Å². The number of para-hydroxylation sites is 4. The van der Waals surface area contributed by atoms with Gasteiger partial charge in [0.15, 0.2) is 0 Å². The van der Waals surface area contributed by atoms with Crippen LogP contribution in [0.25, 0.3) is 53.6 Å². The Bertz CT molecular complexity index is 3510. The molecule has 11 aromatic carbocycles. The third-order valence-corrected chi connectivity index (χ3v) is 14.1. The molecule has 0 spiro atoms. The lowest BCUT2D eigenvalue weighted by atomic mass is 9.98. The summed E-state index contributed by atoms with van der Waals surface area (Å²) in [5.41, 5.74) is 16.5. The molecule has 0 aliphatic carbocycles. The molecule has 12 aromatic rings. The molecule has 0 bridgehead atoms. The quantitative estimate of drug-likeness (QED) is 0.121. The van der Waals surface area contributed by atoms with Gasteiger partial charge in [-0.1, -0.05) is 170 Å². The lowest BCUT2D eigenvalue weighted by molar-refractivity contribution is 1.22. The van der Waals surface area contributed by atoms with Crippen LogP contribution in [0.3, 0.4) is 0 Å². The molecule has 70 heavy (non-hydrogen) atoms. The van der Waals surface area contributed by atoms with Gasteiger partial charge in [0.2, 0.25) is 0 Å². The Morgan fingerprint density at radius 3 is 0.943 bits per heavy atom. The van der Waals surface area contributed by atoms with Gasteiger partial charge in [-0.05, 0) is 149 Å². The van der Waals surface area contributed by atoms with Crippen molar-refractivity contribution in [2.75, 3.05) is 14.7 Å². The fraction of sp³-hybridized carbons (Fsp3) is 0. The van der Waals surface area contributed by atoms with E-state index in [9.17, 15) is 0 Å². The molecule has 0 unspecified atom stereocenters. The molecule has 4 heteroatoms. The Morgan fingerprint density at radius 2 is 0.500 bits per heavy atom. The van der Waals surface area contributed by atoms with Crippen LogP contribution >= 0.6 is 11.3 Å². The summed E-state index contributed by atoms with van der Waals surface area (Å²) in [6.45, 7) is 0. The number of rotatable bonds is 12. The topological polar surface area (TPSA) is 9.72 Å². The lowest BCUT2D eigenvalue weighted by Crippen LogP contribution is -2.16. The van der Waals surface area contributed by atoms with Crippen molar-refractivity contribution in [3.05, 3.63) is 285 Å². The van der Waals surface area contributed by atoms with E-state index in [1.807, 2.05) is 11.3 Å². The molecule has 1 aromatic heterocycles. The minimum Gasteiger partial charge on any atom is -0.310 e. The SMILES string of the molecule is c1ccc(-c2cccc(-c3ccc(N(c4ccc(-c5ccc6sc7ccccc7c6c5)cc4)c4cc(N(c5ccccc5)c5ccccc5)cc(N(c5ccccc5)c5ccccc5)c4)cc3)c2)cc1. The highest BCUT2D eigenvalue weighted by molar-refractivity contribution is 7.25. The van der Waals surface area contributed by atoms with Crippen molar-refractivity contribution in [3.8, 4) is 33.4 Å². The lowest BCUT2D eigenvalue weighted by Gasteiger charge is -2.33. The molecule has 12 rings (SSSR count). The van der Waals surface area contributed by atoms with Crippen LogP contribution in [-0.4, -0.2) is 0 Å². The van der Waals surface area contributed by atoms with E-state index in [1.54, 1.807) is 0 Å². The van der Waals surface area contributed by atoms with Crippen molar-refractivity contribution in [1.82, 2.24) is 0 Å². The van der Waals surface area contributed by atoms with Crippen LogP contribution in [0, 0.1) is 0 Å². The Morgan fingerprint density at radius 1 is 0.186 bits per heavy atom. The standard InChI is InChI=1S/C66H47N3S/c1-6-19-48(20-7-1)51-21-18-22-52(43-51)49-33-38-58(39-34-49)69(59-40-35-50(36-41-59)53-37-42-66-64(44-53)63-31-16-17-32-65(63)70-66)62-46-60(67(54-23-8-2-9-24-54)55-25-10-3-11-26-55)45-61(47-62)68(56-27-12-4-13-28-56)57-29-14-5-15-30-57/h1-47H. The Kier molecular flexibility index (Phi) is 11.5. The van der Waals surface area contributed by atoms with Crippen molar-refractivity contribution in [2.24, 2.45) is 0 Å². The van der Waals surface area contributed by atoms with Crippen LogP contribution in [0.15, 0.2) is 285 Å². The van der Waals surface area contributed by atoms with Crippen LogP contribution in [0.1, 0.15) is 0 Å². The van der Waals surface area contributed by atoms with Crippen molar-refractivity contribution < 1.29 is 0 Å². The first-order valence-electron chi connectivity index (χ1n) is 23.7. The second-order valence-electron chi connectivity index (χ2n) is 17.4. The predicted octanol–water partition coefficient (Wildman–Crippen LogP) is 19.5. The first-order chi connectivity index (χ1) is 34.7. The monoisotopic (exact) mass is 913 g/mol. The summed E-state index contributed by atoms with van der Waals surface area (Å²) in [5.74, 6) is 0. The number of benzene rings is 11. The average molecular weight is 914 g/mol. The summed E-state index contributed by atoms with van der Waals surface area (Å²) in [6.07, 6.45) is 0. The Hall–Kier alpha value is -8.96. The van der Waals surface area contributed by atoms with E-state index in [0.29, 0.717) is 0 Å². The number of thiophene rings is 1. The smallest absolute Gasteiger partial charge is 0.0503 e. The zero-order valence-corrected chi connectivity index (χ0v) is 39.2. The summed E-state index contributed by atoms with van der Waals surface area (Å²) in [7, 11) is 0. The van der Waals surface area contributed by atoms with Crippen LogP contribution < -0.4 is 14.7 Å². The van der Waals surface area contributed by atoms with Crippen LogP contribution in [0.2, 0.25) is 0 Å². The van der Waals surface area contributed by atoms with Gasteiger partial charge < -0.3 is 14.7 Å². The van der Waals surface area contributed by atoms with Gasteiger partial charge in [0, 0.05) is 54.3 Å². The average Bonchev–Trinajstić information content (AvgIpc) is 3.81. The van der Waals surface area contributed by atoms with Gasteiger partial charge in [0.25, 0.3) is 0 Å². The second kappa shape index (κ2) is 19.0. The van der Waals surface area contributed by atoms with E-state index >= 15 is 0 Å². The molecule has 0 radical (unpaired) electrons. The normalized spacial score (nSPS) is 11.1. The van der Waals surface area contributed by atoms with Crippen LogP contribution in [0.5, 0.6) is 0 Å². The fourth-order valence-electron chi connectivity index (χ4n) is 9.64. The maximum atomic E-state index is 2.40. The Labute approximate surface area is 413 Å². The molecule has 0 saturated carbocycles. The molecular formula is C66H47N3S. The molecule has 0 aliphatic rings. The third kappa shape index (κ3) is 8.49. The van der Waals surface area contributed by atoms with E-state index in [2.05, 4.69) is 300 Å².